The van der Waals surface area contributed by atoms with E-state index in [2.05, 4.69) is 16.5 Å². The summed E-state index contributed by atoms with van der Waals surface area (Å²) in [6, 6.07) is 11.6. The van der Waals surface area contributed by atoms with Gasteiger partial charge in [0.1, 0.15) is 24.8 Å². The van der Waals surface area contributed by atoms with Gasteiger partial charge in [0.2, 0.25) is 0 Å². The first kappa shape index (κ1) is 21.7. The quantitative estimate of drug-likeness (QED) is 0.407. The summed E-state index contributed by atoms with van der Waals surface area (Å²) >= 11 is 0. The fraction of sp³-hybridized carbons (Fsp3) is 0.333. The van der Waals surface area contributed by atoms with Gasteiger partial charge in [-0.2, -0.15) is 10.4 Å². The van der Waals surface area contributed by atoms with E-state index < -0.39 is 0 Å². The summed E-state index contributed by atoms with van der Waals surface area (Å²) in [6.07, 6.45) is 7.76. The summed E-state index contributed by atoms with van der Waals surface area (Å²) < 4.78 is 10.7. The van der Waals surface area contributed by atoms with Crippen LogP contribution in [0.4, 0.5) is 11.5 Å². The second-order valence-electron chi connectivity index (χ2n) is 8.42. The van der Waals surface area contributed by atoms with Crippen molar-refractivity contribution in [1.82, 2.24) is 23.9 Å². The van der Waals surface area contributed by atoms with Gasteiger partial charge in [0, 0.05) is 42.2 Å². The van der Waals surface area contributed by atoms with Crippen LogP contribution in [0.5, 0.6) is 5.75 Å². The Morgan fingerprint density at radius 2 is 2.09 bits per heavy atom. The summed E-state index contributed by atoms with van der Waals surface area (Å²) in [5.41, 5.74) is 9.34. The van der Waals surface area contributed by atoms with Crippen molar-refractivity contribution < 1.29 is 4.74 Å². The molecule has 10 heteroatoms. The first-order valence-electron chi connectivity index (χ1n) is 11.3. The number of nitriles is 1. The number of nitrogens with zero attached hydrogens (tertiary/aromatic N) is 6. The Labute approximate surface area is 196 Å². The third-order valence-electron chi connectivity index (χ3n) is 6.24. The van der Waals surface area contributed by atoms with E-state index in [0.717, 1.165) is 42.5 Å². The first-order chi connectivity index (χ1) is 16.6. The monoisotopic (exact) mass is 458 g/mol. The molecule has 0 aliphatic heterocycles. The van der Waals surface area contributed by atoms with Crippen molar-refractivity contribution >= 4 is 22.7 Å². The maximum atomic E-state index is 13.1. The predicted octanol–water partition coefficient (Wildman–Crippen LogP) is 3.28. The van der Waals surface area contributed by atoms with E-state index in [1.165, 1.54) is 4.57 Å². The van der Waals surface area contributed by atoms with Crippen LogP contribution in [0.25, 0.3) is 22.3 Å². The van der Waals surface area contributed by atoms with Gasteiger partial charge in [-0.1, -0.05) is 12.8 Å². The first-order valence-corrected chi connectivity index (χ1v) is 11.3. The van der Waals surface area contributed by atoms with Crippen molar-refractivity contribution in [2.24, 2.45) is 12.8 Å². The minimum absolute atomic E-state index is 0.000891. The van der Waals surface area contributed by atoms with E-state index >= 15 is 0 Å². The zero-order valence-electron chi connectivity index (χ0n) is 18.9. The van der Waals surface area contributed by atoms with Crippen molar-refractivity contribution in [2.45, 2.75) is 38.3 Å². The molecule has 10 nitrogen and oxygen atoms in total. The highest BCUT2D eigenvalue weighted by Crippen LogP contribution is 2.34. The molecule has 0 spiro atoms. The van der Waals surface area contributed by atoms with Gasteiger partial charge in [-0.05, 0) is 37.1 Å². The van der Waals surface area contributed by atoms with Gasteiger partial charge < -0.3 is 10.1 Å². The number of fused-ring (bicyclic) bond motifs is 1. The minimum atomic E-state index is -0.174. The molecule has 3 heterocycles. The van der Waals surface area contributed by atoms with Gasteiger partial charge in [-0.3, -0.25) is 19.5 Å². The number of pyridine rings is 1. The SMILES string of the molecule is Cn1cc(-c2ccc(Nc3ccc4c(n3)n(C3CCCC3)c(=O)n4CC#N)cc2OCN)cn1. The number of imidazole rings is 1. The molecular formula is C24H26N8O2. The van der Waals surface area contributed by atoms with Crippen LogP contribution in [0.3, 0.4) is 0 Å². The fourth-order valence-electron chi connectivity index (χ4n) is 4.69. The van der Waals surface area contributed by atoms with Crippen LogP contribution in [0.2, 0.25) is 0 Å². The lowest BCUT2D eigenvalue weighted by Crippen LogP contribution is -2.26. The molecule has 3 N–H and O–H groups in total. The van der Waals surface area contributed by atoms with Crippen LogP contribution < -0.4 is 21.5 Å². The van der Waals surface area contributed by atoms with E-state index in [4.69, 9.17) is 15.5 Å². The van der Waals surface area contributed by atoms with Gasteiger partial charge in [0.25, 0.3) is 0 Å². The molecule has 4 aromatic rings. The number of aromatic nitrogens is 5. The molecule has 5 rings (SSSR count). The van der Waals surface area contributed by atoms with Crippen molar-refractivity contribution in [3.63, 3.8) is 0 Å². The molecule has 3 aromatic heterocycles. The van der Waals surface area contributed by atoms with E-state index in [9.17, 15) is 10.1 Å². The van der Waals surface area contributed by atoms with E-state index in [0.29, 0.717) is 22.7 Å². The summed E-state index contributed by atoms with van der Waals surface area (Å²) in [5.74, 6) is 1.23. The molecular weight excluding hydrogens is 432 g/mol. The summed E-state index contributed by atoms with van der Waals surface area (Å²) in [5, 5.41) is 16.8. The number of aryl methyl sites for hydroxylation is 1. The Kier molecular flexibility index (Phi) is 5.77. The Bertz CT molecular complexity index is 1440. The van der Waals surface area contributed by atoms with Crippen molar-refractivity contribution in [3.05, 3.63) is 53.2 Å². The van der Waals surface area contributed by atoms with Crippen LogP contribution in [0, 0.1) is 11.3 Å². The van der Waals surface area contributed by atoms with Gasteiger partial charge in [-0.15, -0.1) is 0 Å². The molecule has 0 saturated heterocycles. The number of nitrogens with one attached hydrogen (secondary N) is 1. The van der Waals surface area contributed by atoms with E-state index in [1.54, 1.807) is 15.4 Å². The molecule has 0 unspecified atom stereocenters. The average Bonchev–Trinajstić information content (AvgIpc) is 3.55. The lowest BCUT2D eigenvalue weighted by molar-refractivity contribution is 0.331. The molecule has 1 aliphatic rings. The third-order valence-corrected chi connectivity index (χ3v) is 6.24. The number of hydrogen-bond acceptors (Lipinski definition) is 7. The van der Waals surface area contributed by atoms with Gasteiger partial charge in [0.15, 0.2) is 5.65 Å². The lowest BCUT2D eigenvalue weighted by atomic mass is 10.1. The third kappa shape index (κ3) is 3.91. The normalized spacial score (nSPS) is 13.9. The molecule has 1 aliphatic carbocycles. The Hall–Kier alpha value is -4.10. The second kappa shape index (κ2) is 9.03. The van der Waals surface area contributed by atoms with Gasteiger partial charge >= 0.3 is 5.69 Å². The Morgan fingerprint density at radius 3 is 2.79 bits per heavy atom. The zero-order valence-corrected chi connectivity index (χ0v) is 18.9. The van der Waals surface area contributed by atoms with Crippen molar-refractivity contribution in [1.29, 1.82) is 5.26 Å². The number of hydrogen-bond donors (Lipinski definition) is 2. The number of ether oxygens (including phenoxy) is 1. The van der Waals surface area contributed by atoms with Crippen LogP contribution in [-0.2, 0) is 13.6 Å². The largest absolute Gasteiger partial charge is 0.478 e. The zero-order chi connectivity index (χ0) is 23.7. The highest BCUT2D eigenvalue weighted by Gasteiger charge is 2.24. The lowest BCUT2D eigenvalue weighted by Gasteiger charge is -2.13. The molecule has 1 fully saturated rings. The number of anilines is 2. The van der Waals surface area contributed by atoms with Crippen LogP contribution in [0.1, 0.15) is 31.7 Å². The molecule has 174 valence electrons. The topological polar surface area (TPSA) is 129 Å². The van der Waals surface area contributed by atoms with Crippen LogP contribution in [0.15, 0.2) is 47.5 Å². The smallest absolute Gasteiger partial charge is 0.331 e. The predicted molar refractivity (Wildman–Crippen MR) is 129 cm³/mol. The maximum Gasteiger partial charge on any atom is 0.331 e. The summed E-state index contributed by atoms with van der Waals surface area (Å²) in [7, 11) is 1.86. The molecule has 0 bridgehead atoms. The molecule has 34 heavy (non-hydrogen) atoms. The summed E-state index contributed by atoms with van der Waals surface area (Å²) in [6.45, 7) is 0.0418. The second-order valence-corrected chi connectivity index (χ2v) is 8.42. The van der Waals surface area contributed by atoms with E-state index in [-0.39, 0.29) is 25.0 Å². The molecule has 0 amide bonds. The minimum Gasteiger partial charge on any atom is -0.478 e. The highest BCUT2D eigenvalue weighted by molar-refractivity contribution is 5.77. The molecule has 0 radical (unpaired) electrons. The van der Waals surface area contributed by atoms with Gasteiger partial charge in [0.05, 0.1) is 17.8 Å². The fourth-order valence-corrected chi connectivity index (χ4v) is 4.69. The van der Waals surface area contributed by atoms with Gasteiger partial charge in [-0.25, -0.2) is 9.78 Å². The average molecular weight is 459 g/mol. The van der Waals surface area contributed by atoms with Crippen molar-refractivity contribution in [3.8, 4) is 22.9 Å². The van der Waals surface area contributed by atoms with Crippen LogP contribution in [-0.4, -0.2) is 30.6 Å². The van der Waals surface area contributed by atoms with Crippen molar-refractivity contribution in [2.75, 3.05) is 12.0 Å². The molecule has 1 saturated carbocycles. The number of nitrogens with two attached hydrogens (primary N) is 1. The Morgan fingerprint density at radius 1 is 1.26 bits per heavy atom. The number of rotatable bonds is 7. The Balaban J connectivity index is 1.52. The summed E-state index contributed by atoms with van der Waals surface area (Å²) in [4.78, 5) is 17.9. The van der Waals surface area contributed by atoms with E-state index in [1.807, 2.05) is 43.6 Å². The maximum absolute atomic E-state index is 13.1. The molecule has 0 atom stereocenters. The molecule has 1 aromatic carbocycles. The highest BCUT2D eigenvalue weighted by atomic mass is 16.5. The van der Waals surface area contributed by atoms with Crippen LogP contribution >= 0.6 is 0 Å². The standard InChI is InChI=1S/C24H26N8O2/c1-30-14-16(13-27-30)19-7-6-17(12-21(19)34-15-26)28-22-9-8-20-23(29-22)32(18-4-2-3-5-18)24(33)31(20)11-10-25/h6-9,12-14,18H,2-5,11,15,26H2,1H3,(H,28,29). The number of benzene rings is 1.